The Hall–Kier alpha value is -2.83. The van der Waals surface area contributed by atoms with Gasteiger partial charge in [-0.25, -0.2) is 4.98 Å². The molecule has 1 aromatic heterocycles. The third-order valence-corrected chi connectivity index (χ3v) is 5.65. The molecule has 148 valence electrons. The van der Waals surface area contributed by atoms with Crippen molar-refractivity contribution in [3.63, 3.8) is 0 Å². The van der Waals surface area contributed by atoms with Gasteiger partial charge < -0.3 is 15.0 Å². The molecular formula is C21H26N4O3. The van der Waals surface area contributed by atoms with Crippen molar-refractivity contribution in [3.8, 4) is 5.75 Å². The van der Waals surface area contributed by atoms with Gasteiger partial charge in [0.05, 0.1) is 12.8 Å². The van der Waals surface area contributed by atoms with Crippen molar-refractivity contribution in [2.45, 2.75) is 44.6 Å². The van der Waals surface area contributed by atoms with Gasteiger partial charge in [-0.2, -0.15) is 0 Å². The molecule has 2 aliphatic rings. The molecule has 7 nitrogen and oxygen atoms in total. The summed E-state index contributed by atoms with van der Waals surface area (Å²) in [5, 5.41) is 3.36. The van der Waals surface area contributed by atoms with Gasteiger partial charge in [-0.05, 0) is 62.8 Å². The molecule has 1 aliphatic carbocycles. The molecule has 7 heteroatoms. The average molecular weight is 382 g/mol. The molecule has 2 aromatic rings. The molecule has 2 heterocycles. The number of benzene rings is 1. The summed E-state index contributed by atoms with van der Waals surface area (Å²) in [5.74, 6) is 1.35. The molecule has 0 unspecified atom stereocenters. The van der Waals surface area contributed by atoms with Gasteiger partial charge >= 0.3 is 0 Å². The Bertz CT molecular complexity index is 899. The van der Waals surface area contributed by atoms with Gasteiger partial charge in [-0.15, -0.1) is 0 Å². The zero-order chi connectivity index (χ0) is 19.5. The lowest BCUT2D eigenvalue weighted by Crippen LogP contribution is -2.42. The van der Waals surface area contributed by atoms with Crippen molar-refractivity contribution in [2.24, 2.45) is 0 Å². The molecular weight excluding hydrogens is 356 g/mol. The quantitative estimate of drug-likeness (QED) is 0.848. The van der Waals surface area contributed by atoms with Crippen LogP contribution in [0.15, 0.2) is 29.1 Å². The monoisotopic (exact) mass is 382 g/mol. The fraction of sp³-hybridized carbons (Fsp3) is 0.476. The molecule has 0 radical (unpaired) electrons. The number of ether oxygens (including phenoxy) is 1. The van der Waals surface area contributed by atoms with Gasteiger partial charge in [-0.3, -0.25) is 14.6 Å². The van der Waals surface area contributed by atoms with Gasteiger partial charge in [0.2, 0.25) is 5.95 Å². The molecule has 1 aromatic carbocycles. The number of rotatable bonds is 4. The predicted molar refractivity (Wildman–Crippen MR) is 107 cm³/mol. The summed E-state index contributed by atoms with van der Waals surface area (Å²) in [5.41, 5.74) is 2.44. The maximum absolute atomic E-state index is 12.7. The highest BCUT2D eigenvalue weighted by Crippen LogP contribution is 2.20. The Labute approximate surface area is 164 Å². The van der Waals surface area contributed by atoms with Crippen LogP contribution in [-0.2, 0) is 12.8 Å². The van der Waals surface area contributed by atoms with Crippen LogP contribution in [0.3, 0.4) is 0 Å². The van der Waals surface area contributed by atoms with Crippen molar-refractivity contribution in [3.05, 3.63) is 51.4 Å². The minimum absolute atomic E-state index is 0.0145. The second kappa shape index (κ2) is 8.04. The number of piperidine rings is 1. The van der Waals surface area contributed by atoms with Crippen LogP contribution < -0.4 is 15.6 Å². The largest absolute Gasteiger partial charge is 0.497 e. The first kappa shape index (κ1) is 18.5. The van der Waals surface area contributed by atoms with E-state index in [1.165, 1.54) is 0 Å². The van der Waals surface area contributed by atoms with Crippen LogP contribution in [-0.4, -0.2) is 47.0 Å². The second-order valence-electron chi connectivity index (χ2n) is 7.49. The van der Waals surface area contributed by atoms with Crippen molar-refractivity contribution < 1.29 is 9.53 Å². The van der Waals surface area contributed by atoms with Gasteiger partial charge in [0.15, 0.2) is 0 Å². The van der Waals surface area contributed by atoms with Crippen LogP contribution >= 0.6 is 0 Å². The van der Waals surface area contributed by atoms with E-state index in [4.69, 9.17) is 4.74 Å². The van der Waals surface area contributed by atoms with Crippen LogP contribution in [0, 0.1) is 0 Å². The van der Waals surface area contributed by atoms with E-state index in [1.54, 1.807) is 31.4 Å². The first-order chi connectivity index (χ1) is 13.6. The Balaban J connectivity index is 1.36. The number of likely N-dealkylation sites (tertiary alicyclic amines) is 1. The van der Waals surface area contributed by atoms with E-state index in [0.717, 1.165) is 55.5 Å². The fourth-order valence-electron chi connectivity index (χ4n) is 4.01. The highest BCUT2D eigenvalue weighted by Gasteiger charge is 2.24. The zero-order valence-corrected chi connectivity index (χ0v) is 16.2. The number of hydrogen-bond donors (Lipinski definition) is 2. The van der Waals surface area contributed by atoms with Crippen LogP contribution in [0.2, 0.25) is 0 Å². The molecule has 0 saturated carbocycles. The van der Waals surface area contributed by atoms with E-state index in [9.17, 15) is 9.59 Å². The first-order valence-corrected chi connectivity index (χ1v) is 9.96. The van der Waals surface area contributed by atoms with Crippen LogP contribution in [0.5, 0.6) is 5.75 Å². The summed E-state index contributed by atoms with van der Waals surface area (Å²) < 4.78 is 5.14. The number of carbonyl (C=O) groups is 1. The number of fused-ring (bicyclic) bond motifs is 1. The Morgan fingerprint density at radius 3 is 2.61 bits per heavy atom. The topological polar surface area (TPSA) is 87.3 Å². The first-order valence-electron chi connectivity index (χ1n) is 9.96. The summed E-state index contributed by atoms with van der Waals surface area (Å²) >= 11 is 0. The lowest BCUT2D eigenvalue weighted by Gasteiger charge is -2.32. The predicted octanol–water partition coefficient (Wildman–Crippen LogP) is 2.37. The third kappa shape index (κ3) is 3.88. The fourth-order valence-corrected chi connectivity index (χ4v) is 4.01. The molecule has 1 saturated heterocycles. The lowest BCUT2D eigenvalue weighted by molar-refractivity contribution is 0.0718. The lowest BCUT2D eigenvalue weighted by atomic mass is 9.97. The maximum Gasteiger partial charge on any atom is 0.255 e. The van der Waals surface area contributed by atoms with Gasteiger partial charge in [0.1, 0.15) is 5.75 Å². The van der Waals surface area contributed by atoms with E-state index in [0.29, 0.717) is 24.6 Å². The standard InChI is InChI=1S/C21H26N4O3/c1-28-16-8-6-14(7-9-16)20(27)25-12-10-15(11-13-25)22-21-23-18-5-3-2-4-17(18)19(26)24-21/h6-9,15H,2-5,10-13H2,1H3,(H2,22,23,24,26). The number of nitrogens with zero attached hydrogens (tertiary/aromatic N) is 2. The highest BCUT2D eigenvalue weighted by molar-refractivity contribution is 5.94. The van der Waals surface area contributed by atoms with E-state index in [2.05, 4.69) is 15.3 Å². The number of carbonyl (C=O) groups excluding carboxylic acids is 1. The molecule has 1 fully saturated rings. The van der Waals surface area contributed by atoms with E-state index < -0.39 is 0 Å². The third-order valence-electron chi connectivity index (χ3n) is 5.65. The Kier molecular flexibility index (Phi) is 5.32. The van der Waals surface area contributed by atoms with Crippen molar-refractivity contribution in [1.82, 2.24) is 14.9 Å². The number of aryl methyl sites for hydroxylation is 1. The summed E-state index contributed by atoms with van der Waals surface area (Å²) in [4.78, 5) is 34.3. The Morgan fingerprint density at radius 2 is 1.89 bits per heavy atom. The molecule has 0 bridgehead atoms. The highest BCUT2D eigenvalue weighted by atomic mass is 16.5. The molecule has 1 aliphatic heterocycles. The molecule has 28 heavy (non-hydrogen) atoms. The Morgan fingerprint density at radius 1 is 1.18 bits per heavy atom. The second-order valence-corrected chi connectivity index (χ2v) is 7.49. The maximum atomic E-state index is 12.7. The minimum Gasteiger partial charge on any atom is -0.497 e. The van der Waals surface area contributed by atoms with Crippen LogP contribution in [0.1, 0.15) is 47.3 Å². The summed E-state index contributed by atoms with van der Waals surface area (Å²) in [6.45, 7) is 1.36. The SMILES string of the molecule is COc1ccc(C(=O)N2CCC(Nc3nc4c(c(=O)[nH]3)CCCC4)CC2)cc1. The average Bonchev–Trinajstić information content (AvgIpc) is 2.74. The number of methoxy groups -OCH3 is 1. The van der Waals surface area contributed by atoms with Gasteiger partial charge in [0.25, 0.3) is 11.5 Å². The summed E-state index contributed by atoms with van der Waals surface area (Å²) in [7, 11) is 1.61. The van der Waals surface area contributed by atoms with Gasteiger partial charge in [-0.1, -0.05) is 0 Å². The number of aromatic nitrogens is 2. The molecule has 0 spiro atoms. The van der Waals surface area contributed by atoms with E-state index >= 15 is 0 Å². The van der Waals surface area contributed by atoms with E-state index in [-0.39, 0.29) is 17.5 Å². The molecule has 2 N–H and O–H groups in total. The number of hydrogen-bond acceptors (Lipinski definition) is 5. The van der Waals surface area contributed by atoms with Crippen molar-refractivity contribution in [2.75, 3.05) is 25.5 Å². The van der Waals surface area contributed by atoms with Crippen molar-refractivity contribution >= 4 is 11.9 Å². The smallest absolute Gasteiger partial charge is 0.255 e. The summed E-state index contributed by atoms with van der Waals surface area (Å²) in [6, 6.07) is 7.41. The van der Waals surface area contributed by atoms with Crippen LogP contribution in [0.4, 0.5) is 5.95 Å². The number of aromatic amines is 1. The van der Waals surface area contributed by atoms with Crippen LogP contribution in [0.25, 0.3) is 0 Å². The molecule has 0 atom stereocenters. The number of nitrogens with one attached hydrogen (secondary N) is 2. The normalized spacial score (nSPS) is 17.1. The summed E-state index contributed by atoms with van der Waals surface area (Å²) in [6.07, 6.45) is 5.50. The number of amides is 1. The number of H-pyrrole nitrogens is 1. The van der Waals surface area contributed by atoms with Gasteiger partial charge in [0, 0.05) is 30.3 Å². The van der Waals surface area contributed by atoms with Crippen molar-refractivity contribution in [1.29, 1.82) is 0 Å². The van der Waals surface area contributed by atoms with E-state index in [1.807, 2.05) is 4.90 Å². The molecule has 4 rings (SSSR count). The zero-order valence-electron chi connectivity index (χ0n) is 16.2. The number of anilines is 1. The minimum atomic E-state index is -0.0145. The molecule has 1 amide bonds.